The number of nitrogens with zero attached hydrogens (tertiary/aromatic N) is 1. The molecule has 0 amide bonds. The fourth-order valence-corrected chi connectivity index (χ4v) is 7.35. The Hall–Kier alpha value is -4.29. The zero-order valence-electron chi connectivity index (χ0n) is 22.5. The molecule has 4 aromatic carbocycles. The molecule has 4 aromatic rings. The molecule has 1 fully saturated rings. The van der Waals surface area contributed by atoms with Crippen LogP contribution in [0, 0.1) is 12.3 Å². The number of carbonyl (C=O) groups excluding carboxylic acids is 3. The predicted octanol–water partition coefficient (Wildman–Crippen LogP) is 7.08. The third kappa shape index (κ3) is 3.56. The van der Waals surface area contributed by atoms with Gasteiger partial charge < -0.3 is 9.64 Å². The van der Waals surface area contributed by atoms with Crippen molar-refractivity contribution in [3.05, 3.63) is 135 Å². The van der Waals surface area contributed by atoms with Gasteiger partial charge in [0.15, 0.2) is 17.3 Å². The first-order valence-electron chi connectivity index (χ1n) is 13.6. The molecule has 202 valence electrons. The van der Waals surface area contributed by atoms with Crippen LogP contribution in [-0.4, -0.2) is 36.5 Å². The number of carbonyl (C=O) groups is 3. The van der Waals surface area contributed by atoms with Crippen molar-refractivity contribution in [2.24, 2.45) is 5.41 Å². The molecule has 2 aliphatic heterocycles. The maximum Gasteiger partial charge on any atom is 0.186 e. The van der Waals surface area contributed by atoms with E-state index in [9.17, 15) is 14.4 Å². The summed E-state index contributed by atoms with van der Waals surface area (Å²) in [6, 6.07) is 26.4. The number of benzene rings is 4. The van der Waals surface area contributed by atoms with Gasteiger partial charge in [-0.15, -0.1) is 0 Å². The number of ether oxygens (including phenoxy) is 1. The van der Waals surface area contributed by atoms with Gasteiger partial charge in [-0.1, -0.05) is 88.2 Å². The van der Waals surface area contributed by atoms with Gasteiger partial charge in [0, 0.05) is 32.8 Å². The van der Waals surface area contributed by atoms with Crippen LogP contribution in [0.5, 0.6) is 5.75 Å². The summed E-state index contributed by atoms with van der Waals surface area (Å²) >= 11 is 3.53. The minimum absolute atomic E-state index is 0.169. The topological polar surface area (TPSA) is 63.7 Å². The van der Waals surface area contributed by atoms with E-state index in [2.05, 4.69) is 22.0 Å². The summed E-state index contributed by atoms with van der Waals surface area (Å²) < 4.78 is 6.32. The van der Waals surface area contributed by atoms with Gasteiger partial charge in [0.25, 0.3) is 0 Å². The van der Waals surface area contributed by atoms with Crippen molar-refractivity contribution in [1.82, 2.24) is 0 Å². The van der Waals surface area contributed by atoms with E-state index in [1.807, 2.05) is 60.4 Å². The minimum atomic E-state index is -1.52. The SMILES string of the molecule is COc1cccc(C(=O)[C@@H]2[C@@H](c3ccc(Br)cc3)C3(C(=O)c4ccccc4C3=O)[C@@H]3C=Cc4cc(C)ccc4N23)c1. The lowest BCUT2D eigenvalue weighted by Crippen LogP contribution is -2.48. The first kappa shape index (κ1) is 25.7. The lowest BCUT2D eigenvalue weighted by atomic mass is 9.64. The molecule has 6 heteroatoms. The van der Waals surface area contributed by atoms with Crippen molar-refractivity contribution in [3.63, 3.8) is 0 Å². The van der Waals surface area contributed by atoms with Gasteiger partial charge in [0.05, 0.1) is 13.2 Å². The van der Waals surface area contributed by atoms with Gasteiger partial charge in [-0.2, -0.15) is 0 Å². The second kappa shape index (κ2) is 9.38. The van der Waals surface area contributed by atoms with Gasteiger partial charge >= 0.3 is 0 Å². The summed E-state index contributed by atoms with van der Waals surface area (Å²) in [5, 5.41) is 0. The smallest absolute Gasteiger partial charge is 0.186 e. The summed E-state index contributed by atoms with van der Waals surface area (Å²) in [6.07, 6.45) is 3.94. The van der Waals surface area contributed by atoms with Crippen molar-refractivity contribution in [1.29, 1.82) is 0 Å². The molecule has 3 aliphatic rings. The second-order valence-corrected chi connectivity index (χ2v) is 11.8. The van der Waals surface area contributed by atoms with Crippen LogP contribution in [-0.2, 0) is 0 Å². The Balaban J connectivity index is 1.54. The quantitative estimate of drug-likeness (QED) is 0.184. The fourth-order valence-electron chi connectivity index (χ4n) is 7.09. The van der Waals surface area contributed by atoms with E-state index in [1.54, 1.807) is 55.6 Å². The highest BCUT2D eigenvalue weighted by Gasteiger charge is 2.71. The highest BCUT2D eigenvalue weighted by molar-refractivity contribution is 9.10. The fraction of sp³-hybridized carbons (Fsp3) is 0.171. The van der Waals surface area contributed by atoms with Crippen molar-refractivity contribution < 1.29 is 19.1 Å². The van der Waals surface area contributed by atoms with E-state index in [4.69, 9.17) is 4.74 Å². The number of ketones is 3. The molecule has 1 aliphatic carbocycles. The third-order valence-corrected chi connectivity index (χ3v) is 9.34. The van der Waals surface area contributed by atoms with Gasteiger partial charge in [0.1, 0.15) is 17.2 Å². The Labute approximate surface area is 246 Å². The monoisotopic (exact) mass is 603 g/mol. The van der Waals surface area contributed by atoms with Crippen LogP contribution in [0.25, 0.3) is 6.08 Å². The van der Waals surface area contributed by atoms with Crippen LogP contribution in [0.2, 0.25) is 0 Å². The Bertz CT molecular complexity index is 1760. The van der Waals surface area contributed by atoms with Crippen LogP contribution in [0.15, 0.2) is 102 Å². The summed E-state index contributed by atoms with van der Waals surface area (Å²) in [4.78, 5) is 46.2. The summed E-state index contributed by atoms with van der Waals surface area (Å²) in [6.45, 7) is 2.02. The summed E-state index contributed by atoms with van der Waals surface area (Å²) in [7, 11) is 1.57. The Kier molecular flexibility index (Phi) is 5.87. The molecule has 0 radical (unpaired) electrons. The number of hydrogen-bond donors (Lipinski definition) is 0. The highest BCUT2D eigenvalue weighted by Crippen LogP contribution is 2.61. The first-order chi connectivity index (χ1) is 19.9. The van der Waals surface area contributed by atoms with E-state index in [-0.39, 0.29) is 17.3 Å². The minimum Gasteiger partial charge on any atom is -0.497 e. The largest absolute Gasteiger partial charge is 0.497 e. The zero-order chi connectivity index (χ0) is 28.5. The third-order valence-electron chi connectivity index (χ3n) is 8.81. The molecule has 0 bridgehead atoms. The number of aryl methyl sites for hydroxylation is 1. The molecule has 0 N–H and O–H groups in total. The van der Waals surface area contributed by atoms with Crippen molar-refractivity contribution in [3.8, 4) is 5.75 Å². The normalized spacial score (nSPS) is 21.5. The van der Waals surface area contributed by atoms with E-state index in [1.165, 1.54) is 0 Å². The molecule has 1 spiro atoms. The first-order valence-corrected chi connectivity index (χ1v) is 14.3. The molecular weight excluding hydrogens is 578 g/mol. The Morgan fingerprint density at radius 2 is 1.59 bits per heavy atom. The van der Waals surface area contributed by atoms with E-state index in [0.29, 0.717) is 22.4 Å². The molecule has 2 heterocycles. The van der Waals surface area contributed by atoms with Gasteiger partial charge in [0.2, 0.25) is 0 Å². The van der Waals surface area contributed by atoms with Crippen LogP contribution < -0.4 is 9.64 Å². The zero-order valence-corrected chi connectivity index (χ0v) is 24.1. The van der Waals surface area contributed by atoms with Crippen molar-refractivity contribution in [2.75, 3.05) is 12.0 Å². The Morgan fingerprint density at radius 1 is 0.878 bits per heavy atom. The van der Waals surface area contributed by atoms with E-state index in [0.717, 1.165) is 26.9 Å². The van der Waals surface area contributed by atoms with Crippen LogP contribution in [0.3, 0.4) is 0 Å². The van der Waals surface area contributed by atoms with Crippen molar-refractivity contribution >= 4 is 45.0 Å². The van der Waals surface area contributed by atoms with Gasteiger partial charge in [-0.25, -0.2) is 0 Å². The Morgan fingerprint density at radius 3 is 2.27 bits per heavy atom. The number of halogens is 1. The maximum atomic E-state index is 14.8. The standard InChI is InChI=1S/C35H26BrNO4/c1-20-10-16-28-22(18-20)13-17-29-35(33(39)26-8-3-4-9-27(26)34(35)40)30(21-11-14-24(36)15-12-21)31(37(28)29)32(38)23-6-5-7-25(19-23)41-2/h3-19,29-31H,1-2H3/t29-,30+,31-/m0/s1. The maximum absolute atomic E-state index is 14.8. The van der Waals surface area contributed by atoms with Crippen LogP contribution in [0.1, 0.15) is 53.7 Å². The van der Waals surface area contributed by atoms with Crippen LogP contribution in [0.4, 0.5) is 5.69 Å². The van der Waals surface area contributed by atoms with Gasteiger partial charge in [-0.05, 0) is 54.4 Å². The van der Waals surface area contributed by atoms with E-state index >= 15 is 0 Å². The number of fused-ring (bicyclic) bond motifs is 5. The van der Waals surface area contributed by atoms with Gasteiger partial charge in [-0.3, -0.25) is 14.4 Å². The molecule has 3 atom stereocenters. The summed E-state index contributed by atoms with van der Waals surface area (Å²) in [5.41, 5.74) is 3.41. The average Bonchev–Trinajstić information content (AvgIpc) is 3.43. The lowest BCUT2D eigenvalue weighted by molar-refractivity contribution is 0.0666. The van der Waals surface area contributed by atoms with Crippen LogP contribution >= 0.6 is 15.9 Å². The van der Waals surface area contributed by atoms with Crippen molar-refractivity contribution in [2.45, 2.75) is 24.9 Å². The number of methoxy groups -OCH3 is 1. The lowest BCUT2D eigenvalue weighted by Gasteiger charge is -2.37. The number of Topliss-reactive ketones (excluding diaryl/α,β-unsaturated/α-hetero) is 3. The molecule has 1 saturated heterocycles. The highest BCUT2D eigenvalue weighted by atomic mass is 79.9. The molecule has 5 nitrogen and oxygen atoms in total. The number of rotatable bonds is 4. The molecule has 41 heavy (non-hydrogen) atoms. The molecule has 0 unspecified atom stereocenters. The predicted molar refractivity (Wildman–Crippen MR) is 162 cm³/mol. The number of hydrogen-bond acceptors (Lipinski definition) is 5. The molecule has 0 saturated carbocycles. The average molecular weight is 605 g/mol. The molecular formula is C35H26BrNO4. The second-order valence-electron chi connectivity index (χ2n) is 10.9. The number of anilines is 1. The molecule has 0 aromatic heterocycles. The van der Waals surface area contributed by atoms with E-state index < -0.39 is 23.4 Å². The summed E-state index contributed by atoms with van der Waals surface area (Å²) in [5.74, 6) is -0.819. The molecule has 7 rings (SSSR count).